The van der Waals surface area contributed by atoms with Crippen LogP contribution in [0.2, 0.25) is 0 Å². The molecular weight excluding hydrogens is 556 g/mol. The predicted octanol–water partition coefficient (Wildman–Crippen LogP) is 4.08. The summed E-state index contributed by atoms with van der Waals surface area (Å²) in [5, 5.41) is 12.4. The van der Waals surface area contributed by atoms with Crippen molar-refractivity contribution in [3.63, 3.8) is 0 Å². The molecule has 43 heavy (non-hydrogen) atoms. The van der Waals surface area contributed by atoms with Crippen molar-refractivity contribution in [3.05, 3.63) is 24.3 Å². The average Bonchev–Trinajstić information content (AvgIpc) is 3.33. The molecule has 0 bridgehead atoms. The van der Waals surface area contributed by atoms with Gasteiger partial charge in [0, 0.05) is 50.4 Å². The minimum Gasteiger partial charge on any atom is -0.466 e. The molecule has 2 saturated carbocycles. The first-order valence-electron chi connectivity index (χ1n) is 15.3. The molecule has 4 aliphatic rings. The number of esters is 4. The first kappa shape index (κ1) is 33.2. The number of aliphatic hydroxyl groups is 1. The highest BCUT2D eigenvalue weighted by Gasteiger charge is 2.76. The summed E-state index contributed by atoms with van der Waals surface area (Å²) in [5.74, 6) is -3.04. The third kappa shape index (κ3) is 5.43. The highest BCUT2D eigenvalue weighted by molar-refractivity contribution is 5.68. The summed E-state index contributed by atoms with van der Waals surface area (Å²) in [6, 6.07) is 0. The summed E-state index contributed by atoms with van der Waals surface area (Å²) >= 11 is 0. The van der Waals surface area contributed by atoms with Crippen molar-refractivity contribution in [2.45, 2.75) is 104 Å². The van der Waals surface area contributed by atoms with Crippen LogP contribution in [0.3, 0.4) is 0 Å². The first-order chi connectivity index (χ1) is 20.1. The Balaban J connectivity index is 1.98. The van der Waals surface area contributed by atoms with E-state index < -0.39 is 70.0 Å². The third-order valence-electron chi connectivity index (χ3n) is 11.2. The molecule has 3 aliphatic carbocycles. The molecule has 0 aromatic heterocycles. The van der Waals surface area contributed by atoms with E-state index in [2.05, 4.69) is 13.5 Å². The lowest BCUT2D eigenvalue weighted by atomic mass is 9.36. The van der Waals surface area contributed by atoms with Crippen LogP contribution in [0.4, 0.5) is 0 Å². The van der Waals surface area contributed by atoms with Gasteiger partial charge in [0.15, 0.2) is 0 Å². The van der Waals surface area contributed by atoms with E-state index in [9.17, 15) is 24.3 Å². The number of carbonyl (C=O) groups is 4. The smallest absolute Gasteiger partial charge is 0.303 e. The standard InChI is InChI=1S/C33H48O10/c1-9-10-12-33(38)19(2)16-26(41-21(4)35)31(8)24(33)11-13-30(7)25-17-39-18-32(25,14-15-40-20(3)34)29(43-23(6)37)27(28(30)31)42-22(5)36/h9,16,24-29,38H,1,10-15,17-18H2,2-8H3/t24-,25+,26-,27+,28?,29+,30+,31-,32+,33-/m1/s1. The lowest BCUT2D eigenvalue weighted by Gasteiger charge is -2.70. The molecule has 10 heteroatoms. The molecule has 1 heterocycles. The second-order valence-electron chi connectivity index (χ2n) is 13.6. The van der Waals surface area contributed by atoms with Gasteiger partial charge < -0.3 is 28.8 Å². The molecule has 1 unspecified atom stereocenters. The minimum absolute atomic E-state index is 0.0830. The molecule has 4 rings (SSSR count). The summed E-state index contributed by atoms with van der Waals surface area (Å²) in [6.07, 6.45) is 3.60. The lowest BCUT2D eigenvalue weighted by molar-refractivity contribution is -0.287. The molecule has 3 fully saturated rings. The van der Waals surface area contributed by atoms with Gasteiger partial charge in [-0.2, -0.15) is 0 Å². The zero-order valence-electron chi connectivity index (χ0n) is 26.6. The third-order valence-corrected chi connectivity index (χ3v) is 11.2. The van der Waals surface area contributed by atoms with Crippen LogP contribution in [0.5, 0.6) is 0 Å². The van der Waals surface area contributed by atoms with E-state index in [-0.39, 0.29) is 25.0 Å². The largest absolute Gasteiger partial charge is 0.466 e. The molecule has 0 amide bonds. The maximum atomic E-state index is 12.8. The normalized spacial score (nSPS) is 41.4. The summed E-state index contributed by atoms with van der Waals surface area (Å²) in [5.41, 5.74) is -2.81. The maximum absolute atomic E-state index is 12.8. The predicted molar refractivity (Wildman–Crippen MR) is 155 cm³/mol. The average molecular weight is 605 g/mol. The van der Waals surface area contributed by atoms with Gasteiger partial charge in [-0.05, 0) is 62.0 Å². The fourth-order valence-corrected chi connectivity index (χ4v) is 9.68. The number of fused-ring (bicyclic) bond motifs is 5. The Bertz CT molecular complexity index is 1180. The Labute approximate surface area is 254 Å². The molecule has 1 saturated heterocycles. The minimum atomic E-state index is -1.23. The van der Waals surface area contributed by atoms with Crippen molar-refractivity contribution in [2.24, 2.45) is 34.0 Å². The van der Waals surface area contributed by atoms with Gasteiger partial charge in [0.25, 0.3) is 0 Å². The lowest BCUT2D eigenvalue weighted by Crippen LogP contribution is -2.74. The van der Waals surface area contributed by atoms with Crippen LogP contribution in [-0.2, 0) is 42.9 Å². The Morgan fingerprint density at radius 1 is 1.00 bits per heavy atom. The molecule has 0 aromatic rings. The Morgan fingerprint density at radius 2 is 1.65 bits per heavy atom. The first-order valence-corrected chi connectivity index (χ1v) is 15.3. The van der Waals surface area contributed by atoms with E-state index in [0.717, 1.165) is 5.57 Å². The van der Waals surface area contributed by atoms with Crippen LogP contribution in [-0.4, -0.2) is 72.7 Å². The van der Waals surface area contributed by atoms with Crippen molar-refractivity contribution in [1.29, 1.82) is 0 Å². The van der Waals surface area contributed by atoms with Crippen molar-refractivity contribution in [2.75, 3.05) is 19.8 Å². The van der Waals surface area contributed by atoms with Crippen LogP contribution < -0.4 is 0 Å². The van der Waals surface area contributed by atoms with E-state index in [1.165, 1.54) is 27.7 Å². The molecule has 10 nitrogen and oxygen atoms in total. The van der Waals surface area contributed by atoms with E-state index >= 15 is 0 Å². The van der Waals surface area contributed by atoms with Crippen LogP contribution >= 0.6 is 0 Å². The van der Waals surface area contributed by atoms with Gasteiger partial charge >= 0.3 is 23.9 Å². The number of allylic oxidation sites excluding steroid dienone is 1. The summed E-state index contributed by atoms with van der Waals surface area (Å²) in [7, 11) is 0. The highest BCUT2D eigenvalue weighted by Crippen LogP contribution is 2.72. The van der Waals surface area contributed by atoms with E-state index in [1.54, 1.807) is 6.08 Å². The fraction of sp³-hybridized carbons (Fsp3) is 0.758. The van der Waals surface area contributed by atoms with Gasteiger partial charge in [-0.25, -0.2) is 0 Å². The molecular formula is C33H48O10. The van der Waals surface area contributed by atoms with E-state index in [0.29, 0.717) is 38.7 Å². The van der Waals surface area contributed by atoms with Gasteiger partial charge in [-0.3, -0.25) is 19.2 Å². The van der Waals surface area contributed by atoms with Gasteiger partial charge in [0.1, 0.15) is 18.3 Å². The van der Waals surface area contributed by atoms with Crippen molar-refractivity contribution in [3.8, 4) is 0 Å². The molecule has 0 radical (unpaired) electrons. The van der Waals surface area contributed by atoms with Crippen molar-refractivity contribution < 1.29 is 48.0 Å². The quantitative estimate of drug-likeness (QED) is 0.233. The number of carbonyl (C=O) groups excluding carboxylic acids is 4. The van der Waals surface area contributed by atoms with Crippen LogP contribution in [0, 0.1) is 34.0 Å². The number of ether oxygens (including phenoxy) is 5. The van der Waals surface area contributed by atoms with Crippen LogP contribution in [0.1, 0.15) is 80.6 Å². The van der Waals surface area contributed by atoms with Crippen LogP contribution in [0.15, 0.2) is 24.3 Å². The SMILES string of the molecule is C=CCC[C@@]1(O)C(C)=C[C@@H](OC(C)=O)[C@]2(C)C3[C@H](OC(C)=O)[C@H](OC(C)=O)[C@@]4(CCOC(C)=O)COC[C@H]4[C@]3(C)CC[C@H]21. The van der Waals surface area contributed by atoms with Gasteiger partial charge in [0.05, 0.1) is 25.4 Å². The Morgan fingerprint density at radius 3 is 2.23 bits per heavy atom. The second-order valence-corrected chi connectivity index (χ2v) is 13.6. The molecule has 10 atom stereocenters. The van der Waals surface area contributed by atoms with Crippen LogP contribution in [0.25, 0.3) is 0 Å². The summed E-state index contributed by atoms with van der Waals surface area (Å²) in [4.78, 5) is 49.8. The number of hydrogen-bond acceptors (Lipinski definition) is 10. The molecule has 240 valence electrons. The zero-order chi connectivity index (χ0) is 32.0. The highest BCUT2D eigenvalue weighted by atomic mass is 16.6. The summed E-state index contributed by atoms with van der Waals surface area (Å²) < 4.78 is 29.9. The topological polar surface area (TPSA) is 135 Å². The van der Waals surface area contributed by atoms with E-state index in [1.807, 2.05) is 19.9 Å². The Hall–Kier alpha value is -2.72. The number of hydrogen-bond donors (Lipinski definition) is 1. The fourth-order valence-electron chi connectivity index (χ4n) is 9.68. The van der Waals surface area contributed by atoms with Gasteiger partial charge in [-0.1, -0.05) is 19.9 Å². The van der Waals surface area contributed by atoms with Crippen molar-refractivity contribution in [1.82, 2.24) is 0 Å². The van der Waals surface area contributed by atoms with E-state index in [4.69, 9.17) is 23.7 Å². The maximum Gasteiger partial charge on any atom is 0.303 e. The second kappa shape index (κ2) is 12.0. The Kier molecular flexibility index (Phi) is 9.25. The molecule has 1 aliphatic heterocycles. The monoisotopic (exact) mass is 604 g/mol. The molecule has 1 N–H and O–H groups in total. The summed E-state index contributed by atoms with van der Waals surface area (Å²) in [6.45, 7) is 15.9. The van der Waals surface area contributed by atoms with Gasteiger partial charge in [-0.15, -0.1) is 6.58 Å². The van der Waals surface area contributed by atoms with Crippen molar-refractivity contribution >= 4 is 23.9 Å². The zero-order valence-corrected chi connectivity index (χ0v) is 26.6. The molecule has 0 aromatic carbocycles. The van der Waals surface area contributed by atoms with Gasteiger partial charge in [0.2, 0.25) is 0 Å². The molecule has 0 spiro atoms. The number of rotatable bonds is 9.